The van der Waals surface area contributed by atoms with Crippen LogP contribution in [-0.4, -0.2) is 4.92 Å². The van der Waals surface area contributed by atoms with Gasteiger partial charge in [-0.25, -0.2) is 0 Å². The second-order valence-corrected chi connectivity index (χ2v) is 4.11. The summed E-state index contributed by atoms with van der Waals surface area (Å²) in [6.07, 6.45) is 0. The van der Waals surface area contributed by atoms with Crippen molar-refractivity contribution in [1.29, 1.82) is 0 Å². The summed E-state index contributed by atoms with van der Waals surface area (Å²) in [5.41, 5.74) is 6.35. The third-order valence-corrected chi connectivity index (χ3v) is 2.57. The van der Waals surface area contributed by atoms with Gasteiger partial charge in [0.1, 0.15) is 5.69 Å². The van der Waals surface area contributed by atoms with Gasteiger partial charge in [0.05, 0.1) is 16.3 Å². The third-order valence-electron chi connectivity index (χ3n) is 2.32. The number of nitrogen functional groups attached to an aromatic ring is 1. The van der Waals surface area contributed by atoms with Gasteiger partial charge in [0.25, 0.3) is 5.69 Å². The second kappa shape index (κ2) is 5.45. The lowest BCUT2D eigenvalue weighted by Crippen LogP contribution is -1.94. The topological polar surface area (TPSA) is 93.9 Å². The van der Waals surface area contributed by atoms with Crippen LogP contribution >= 0.6 is 11.6 Å². The van der Waals surface area contributed by atoms with Gasteiger partial charge in [-0.3, -0.25) is 10.1 Å². The Morgan fingerprint density at radius 1 is 1.05 bits per heavy atom. The van der Waals surface area contributed by atoms with Crippen LogP contribution in [-0.2, 0) is 0 Å². The minimum atomic E-state index is -0.559. The van der Waals surface area contributed by atoms with Crippen molar-refractivity contribution in [2.45, 2.75) is 0 Å². The number of hydrogen-bond acceptors (Lipinski definition) is 5. The molecule has 0 heterocycles. The fourth-order valence-electron chi connectivity index (χ4n) is 1.38. The predicted octanol–water partition coefficient (Wildman–Crippen LogP) is 4.25. The molecule has 7 heteroatoms. The Balaban J connectivity index is 2.26. The van der Waals surface area contributed by atoms with Gasteiger partial charge in [0.15, 0.2) is 0 Å². The normalized spacial score (nSPS) is 10.8. The maximum absolute atomic E-state index is 10.7. The molecule has 2 aromatic rings. The summed E-state index contributed by atoms with van der Waals surface area (Å²) in [5.74, 6) is 0. The van der Waals surface area contributed by atoms with Gasteiger partial charge in [-0.2, -0.15) is 10.2 Å². The molecule has 0 bridgehead atoms. The summed E-state index contributed by atoms with van der Waals surface area (Å²) >= 11 is 5.74. The lowest BCUT2D eigenvalue weighted by atomic mass is 10.2. The van der Waals surface area contributed by atoms with E-state index in [0.29, 0.717) is 16.4 Å². The molecule has 0 saturated carbocycles. The fourth-order valence-corrected chi connectivity index (χ4v) is 1.50. The first-order valence-electron chi connectivity index (χ1n) is 5.27. The molecule has 2 rings (SSSR count). The van der Waals surface area contributed by atoms with Crippen molar-refractivity contribution in [3.8, 4) is 0 Å². The molecule has 0 aliphatic carbocycles. The van der Waals surface area contributed by atoms with E-state index in [4.69, 9.17) is 17.3 Å². The summed E-state index contributed by atoms with van der Waals surface area (Å²) in [6.45, 7) is 0. The Kier molecular flexibility index (Phi) is 3.72. The highest BCUT2D eigenvalue weighted by molar-refractivity contribution is 6.30. The molecule has 0 amide bonds. The molecule has 0 aliphatic heterocycles. The highest BCUT2D eigenvalue weighted by atomic mass is 35.5. The third kappa shape index (κ3) is 3.26. The predicted molar refractivity (Wildman–Crippen MR) is 73.1 cm³/mol. The van der Waals surface area contributed by atoms with E-state index in [0.717, 1.165) is 0 Å². The maximum Gasteiger partial charge on any atom is 0.294 e. The van der Waals surface area contributed by atoms with Gasteiger partial charge in [-0.05, 0) is 36.4 Å². The summed E-state index contributed by atoms with van der Waals surface area (Å²) in [6, 6.07) is 11.0. The van der Waals surface area contributed by atoms with E-state index < -0.39 is 4.92 Å². The molecular weight excluding hydrogens is 268 g/mol. The van der Waals surface area contributed by atoms with Gasteiger partial charge < -0.3 is 5.73 Å². The maximum atomic E-state index is 10.7. The van der Waals surface area contributed by atoms with E-state index in [9.17, 15) is 10.1 Å². The lowest BCUT2D eigenvalue weighted by Gasteiger charge is -1.98. The molecule has 2 aromatic carbocycles. The van der Waals surface area contributed by atoms with E-state index in [-0.39, 0.29) is 11.4 Å². The van der Waals surface area contributed by atoms with Gasteiger partial charge in [0, 0.05) is 11.1 Å². The molecule has 96 valence electrons. The van der Waals surface area contributed by atoms with E-state index >= 15 is 0 Å². The molecule has 19 heavy (non-hydrogen) atoms. The molecular formula is C12H9ClN4O2. The van der Waals surface area contributed by atoms with Crippen LogP contribution in [0.3, 0.4) is 0 Å². The van der Waals surface area contributed by atoms with Crippen LogP contribution < -0.4 is 5.73 Å². The van der Waals surface area contributed by atoms with Gasteiger partial charge in [0.2, 0.25) is 0 Å². The average molecular weight is 277 g/mol. The number of halogens is 1. The minimum absolute atomic E-state index is 0.0930. The fraction of sp³-hybridized carbons (Fsp3) is 0. The Hall–Kier alpha value is -2.47. The van der Waals surface area contributed by atoms with Crippen molar-refractivity contribution in [2.24, 2.45) is 10.2 Å². The van der Waals surface area contributed by atoms with Crippen LogP contribution in [0.5, 0.6) is 0 Å². The van der Waals surface area contributed by atoms with Crippen molar-refractivity contribution >= 4 is 34.4 Å². The van der Waals surface area contributed by atoms with Gasteiger partial charge >= 0.3 is 0 Å². The SMILES string of the molecule is Nc1ccc(N=Nc2ccc(Cl)cc2)cc1[N+](=O)[O-]. The summed E-state index contributed by atoms with van der Waals surface area (Å²) in [4.78, 5) is 10.2. The van der Waals surface area contributed by atoms with Gasteiger partial charge in [-0.15, -0.1) is 0 Å². The average Bonchev–Trinajstić information content (AvgIpc) is 2.39. The van der Waals surface area contributed by atoms with E-state index in [2.05, 4.69) is 10.2 Å². The molecule has 0 fully saturated rings. The number of benzene rings is 2. The smallest absolute Gasteiger partial charge is 0.294 e. The number of rotatable bonds is 3. The first-order valence-corrected chi connectivity index (χ1v) is 5.65. The number of azo groups is 1. The number of nitrogens with zero attached hydrogens (tertiary/aromatic N) is 3. The molecule has 0 atom stereocenters. The Morgan fingerprint density at radius 2 is 1.63 bits per heavy atom. The zero-order valence-corrected chi connectivity index (χ0v) is 10.4. The molecule has 0 radical (unpaired) electrons. The molecule has 0 aliphatic rings. The van der Waals surface area contributed by atoms with Gasteiger partial charge in [-0.1, -0.05) is 11.6 Å². The molecule has 6 nitrogen and oxygen atoms in total. The molecule has 0 spiro atoms. The van der Waals surface area contributed by atoms with Crippen molar-refractivity contribution < 1.29 is 4.92 Å². The summed E-state index contributed by atoms with van der Waals surface area (Å²) in [5, 5.41) is 19.2. The van der Waals surface area contributed by atoms with Crippen LogP contribution in [0.4, 0.5) is 22.7 Å². The van der Waals surface area contributed by atoms with Crippen molar-refractivity contribution in [1.82, 2.24) is 0 Å². The van der Waals surface area contributed by atoms with E-state index in [1.54, 1.807) is 30.3 Å². The zero-order chi connectivity index (χ0) is 13.8. The molecule has 0 unspecified atom stereocenters. The van der Waals surface area contributed by atoms with Crippen LogP contribution in [0, 0.1) is 10.1 Å². The van der Waals surface area contributed by atoms with Crippen LogP contribution in [0.1, 0.15) is 0 Å². The first-order chi connectivity index (χ1) is 9.06. The van der Waals surface area contributed by atoms with E-state index in [1.165, 1.54) is 12.1 Å². The number of nitro benzene ring substituents is 1. The minimum Gasteiger partial charge on any atom is -0.393 e. The molecule has 2 N–H and O–H groups in total. The van der Waals surface area contributed by atoms with Crippen LogP contribution in [0.25, 0.3) is 0 Å². The van der Waals surface area contributed by atoms with E-state index in [1.807, 2.05) is 0 Å². The standard InChI is InChI=1S/C12H9ClN4O2/c13-8-1-3-9(4-2-8)15-16-10-5-6-11(14)12(7-10)17(18)19/h1-7H,14H2. The zero-order valence-electron chi connectivity index (χ0n) is 9.65. The largest absolute Gasteiger partial charge is 0.393 e. The lowest BCUT2D eigenvalue weighted by molar-refractivity contribution is -0.383. The number of anilines is 1. The van der Waals surface area contributed by atoms with Crippen molar-refractivity contribution in [3.63, 3.8) is 0 Å². The molecule has 0 aromatic heterocycles. The Bertz CT molecular complexity index is 641. The number of nitro groups is 1. The quantitative estimate of drug-likeness (QED) is 0.393. The molecule has 0 saturated heterocycles. The van der Waals surface area contributed by atoms with Crippen LogP contribution in [0.15, 0.2) is 52.7 Å². The Morgan fingerprint density at radius 3 is 2.26 bits per heavy atom. The highest BCUT2D eigenvalue weighted by Gasteiger charge is 2.11. The second-order valence-electron chi connectivity index (χ2n) is 3.68. The highest BCUT2D eigenvalue weighted by Crippen LogP contribution is 2.28. The van der Waals surface area contributed by atoms with Crippen LogP contribution in [0.2, 0.25) is 5.02 Å². The first kappa shape index (κ1) is 13.0. The van der Waals surface area contributed by atoms with Crippen molar-refractivity contribution in [2.75, 3.05) is 5.73 Å². The number of nitrogens with two attached hydrogens (primary N) is 1. The Labute approximate surface area is 113 Å². The monoisotopic (exact) mass is 276 g/mol. The van der Waals surface area contributed by atoms with Crippen molar-refractivity contribution in [3.05, 3.63) is 57.6 Å². The number of hydrogen-bond donors (Lipinski definition) is 1. The summed E-state index contributed by atoms with van der Waals surface area (Å²) < 4.78 is 0. The summed E-state index contributed by atoms with van der Waals surface area (Å²) in [7, 11) is 0.